The second-order valence-corrected chi connectivity index (χ2v) is 9.71. The van der Waals surface area contributed by atoms with Crippen LogP contribution in [0.25, 0.3) is 10.8 Å². The molecular formula is C30H36O7. The molecule has 0 bridgehead atoms. The smallest absolute Gasteiger partial charge is 0.343 e. The number of hydrogen-bond donors (Lipinski definition) is 0. The van der Waals surface area contributed by atoms with Gasteiger partial charge in [-0.05, 0) is 69.5 Å². The number of esters is 2. The second kappa shape index (κ2) is 12.0. The highest BCUT2D eigenvalue weighted by Crippen LogP contribution is 2.52. The van der Waals surface area contributed by atoms with Crippen LogP contribution in [0.4, 0.5) is 0 Å². The van der Waals surface area contributed by atoms with E-state index in [2.05, 4.69) is 6.92 Å². The van der Waals surface area contributed by atoms with Crippen LogP contribution in [0.1, 0.15) is 63.4 Å². The number of benzene rings is 3. The number of ether oxygens (including phenoxy) is 5. The molecule has 7 heteroatoms. The summed E-state index contributed by atoms with van der Waals surface area (Å²) >= 11 is 0. The zero-order chi connectivity index (χ0) is 27.2. The van der Waals surface area contributed by atoms with E-state index in [-0.39, 0.29) is 23.0 Å². The highest BCUT2D eigenvalue weighted by atomic mass is 16.6. The molecule has 3 aromatic carbocycles. The number of carbonyl (C=O) groups excluding carboxylic acids is 2. The maximum absolute atomic E-state index is 13.1. The Morgan fingerprint density at radius 2 is 1.41 bits per heavy atom. The lowest BCUT2D eigenvalue weighted by Crippen LogP contribution is -2.26. The van der Waals surface area contributed by atoms with Crippen LogP contribution in [-0.2, 0) is 11.2 Å². The van der Waals surface area contributed by atoms with Crippen molar-refractivity contribution in [2.75, 3.05) is 20.8 Å². The molecule has 0 aliphatic carbocycles. The fourth-order valence-corrected chi connectivity index (χ4v) is 3.63. The van der Waals surface area contributed by atoms with Gasteiger partial charge in [0.25, 0.3) is 0 Å². The molecule has 0 amide bonds. The van der Waals surface area contributed by atoms with E-state index in [4.69, 9.17) is 23.7 Å². The normalized spacial score (nSPS) is 11.2. The van der Waals surface area contributed by atoms with Gasteiger partial charge in [0.15, 0.2) is 11.5 Å². The molecule has 0 spiro atoms. The zero-order valence-corrected chi connectivity index (χ0v) is 22.7. The minimum absolute atomic E-state index is 0.141. The summed E-state index contributed by atoms with van der Waals surface area (Å²) in [7, 11) is 2.88. The van der Waals surface area contributed by atoms with Gasteiger partial charge in [0.2, 0.25) is 11.5 Å². The zero-order valence-electron chi connectivity index (χ0n) is 22.7. The highest BCUT2D eigenvalue weighted by Gasteiger charge is 2.31. The number of carbonyl (C=O) groups is 2. The fraction of sp³-hybridized carbons (Fsp3) is 0.400. The first-order valence-electron chi connectivity index (χ1n) is 12.5. The van der Waals surface area contributed by atoms with Crippen molar-refractivity contribution in [3.63, 3.8) is 0 Å². The van der Waals surface area contributed by atoms with Crippen molar-refractivity contribution in [3.05, 3.63) is 53.6 Å². The number of methoxy groups -OCH3 is 2. The quantitative estimate of drug-likeness (QED) is 0.170. The molecule has 0 heterocycles. The molecule has 0 radical (unpaired) electrons. The Bertz CT molecular complexity index is 1250. The van der Waals surface area contributed by atoms with E-state index in [1.54, 1.807) is 51.1 Å². The van der Waals surface area contributed by atoms with Crippen LogP contribution in [-0.4, -0.2) is 32.8 Å². The van der Waals surface area contributed by atoms with Gasteiger partial charge in [0.05, 0.1) is 31.8 Å². The van der Waals surface area contributed by atoms with Gasteiger partial charge in [-0.3, -0.25) is 4.79 Å². The molecule has 0 fully saturated rings. The Morgan fingerprint density at radius 3 is 1.95 bits per heavy atom. The van der Waals surface area contributed by atoms with Crippen LogP contribution < -0.4 is 23.7 Å². The molecule has 0 saturated carbocycles. The summed E-state index contributed by atoms with van der Waals surface area (Å²) in [5.41, 5.74) is 0.742. The molecule has 3 aromatic rings. The van der Waals surface area contributed by atoms with Gasteiger partial charge < -0.3 is 23.7 Å². The van der Waals surface area contributed by atoms with Crippen LogP contribution in [0.3, 0.4) is 0 Å². The molecule has 0 saturated heterocycles. The first kappa shape index (κ1) is 27.8. The maximum Gasteiger partial charge on any atom is 0.343 e. The summed E-state index contributed by atoms with van der Waals surface area (Å²) < 4.78 is 29.0. The van der Waals surface area contributed by atoms with Crippen molar-refractivity contribution in [1.29, 1.82) is 0 Å². The molecule has 7 nitrogen and oxygen atoms in total. The molecule has 0 aliphatic rings. The van der Waals surface area contributed by atoms with E-state index in [0.29, 0.717) is 28.7 Å². The summed E-state index contributed by atoms with van der Waals surface area (Å²) in [4.78, 5) is 26.0. The lowest BCUT2D eigenvalue weighted by atomic mass is 9.97. The van der Waals surface area contributed by atoms with Gasteiger partial charge >= 0.3 is 11.9 Å². The van der Waals surface area contributed by atoms with Crippen molar-refractivity contribution in [3.8, 4) is 28.7 Å². The van der Waals surface area contributed by atoms with Crippen LogP contribution >= 0.6 is 0 Å². The van der Waals surface area contributed by atoms with Crippen LogP contribution in [0.2, 0.25) is 0 Å². The van der Waals surface area contributed by atoms with Crippen molar-refractivity contribution in [2.24, 2.45) is 5.41 Å². The average Bonchev–Trinajstić information content (AvgIpc) is 2.89. The van der Waals surface area contributed by atoms with Crippen molar-refractivity contribution in [2.45, 2.75) is 53.9 Å². The van der Waals surface area contributed by atoms with E-state index in [1.807, 2.05) is 19.1 Å². The van der Waals surface area contributed by atoms with Gasteiger partial charge in [-0.25, -0.2) is 4.79 Å². The number of aryl methyl sites for hydroxylation is 1. The van der Waals surface area contributed by atoms with Crippen molar-refractivity contribution in [1.82, 2.24) is 0 Å². The SMILES string of the molecule is CCCCOc1ccc2c(OC(=O)c3ccc(CC)cc3)c(OC)c(OC)c(OC(=O)C(C)(C)C)c2c1. The van der Waals surface area contributed by atoms with Gasteiger partial charge in [0.1, 0.15) is 5.75 Å². The highest BCUT2D eigenvalue weighted by molar-refractivity contribution is 6.03. The lowest BCUT2D eigenvalue weighted by molar-refractivity contribution is -0.143. The molecule has 198 valence electrons. The first-order chi connectivity index (χ1) is 17.6. The van der Waals surface area contributed by atoms with Gasteiger partial charge in [-0.1, -0.05) is 32.4 Å². The van der Waals surface area contributed by atoms with E-state index < -0.39 is 17.4 Å². The third kappa shape index (κ3) is 6.34. The summed E-state index contributed by atoms with van der Waals surface area (Å²) in [6, 6.07) is 12.5. The van der Waals surface area contributed by atoms with Crippen molar-refractivity contribution < 1.29 is 33.3 Å². The molecule has 37 heavy (non-hydrogen) atoms. The molecule has 0 unspecified atom stereocenters. The Balaban J connectivity index is 2.20. The first-order valence-corrected chi connectivity index (χ1v) is 12.5. The average molecular weight is 509 g/mol. The number of rotatable bonds is 10. The number of fused-ring (bicyclic) bond motifs is 1. The summed E-state index contributed by atoms with van der Waals surface area (Å²) in [5, 5.41) is 1.00. The summed E-state index contributed by atoms with van der Waals surface area (Å²) in [6.45, 7) is 9.97. The molecule has 0 aliphatic heterocycles. The second-order valence-electron chi connectivity index (χ2n) is 9.71. The molecule has 0 N–H and O–H groups in total. The maximum atomic E-state index is 13.1. The van der Waals surface area contributed by atoms with E-state index >= 15 is 0 Å². The molecule has 0 aromatic heterocycles. The molecular weight excluding hydrogens is 472 g/mol. The Hall–Kier alpha value is -3.74. The monoisotopic (exact) mass is 508 g/mol. The minimum Gasteiger partial charge on any atom is -0.494 e. The Morgan fingerprint density at radius 1 is 0.784 bits per heavy atom. The third-order valence-electron chi connectivity index (χ3n) is 5.87. The van der Waals surface area contributed by atoms with E-state index in [0.717, 1.165) is 24.8 Å². The molecule has 0 atom stereocenters. The largest absolute Gasteiger partial charge is 0.494 e. The Kier molecular flexibility index (Phi) is 9.03. The van der Waals surface area contributed by atoms with Gasteiger partial charge in [0, 0.05) is 10.8 Å². The Labute approximate surface area is 218 Å². The van der Waals surface area contributed by atoms with E-state index in [9.17, 15) is 9.59 Å². The fourth-order valence-electron chi connectivity index (χ4n) is 3.63. The summed E-state index contributed by atoms with van der Waals surface area (Å²) in [6.07, 6.45) is 2.75. The third-order valence-corrected chi connectivity index (χ3v) is 5.87. The predicted octanol–water partition coefficient (Wildman–Crippen LogP) is 6.77. The van der Waals surface area contributed by atoms with Crippen LogP contribution in [0, 0.1) is 5.41 Å². The number of unbranched alkanes of at least 4 members (excludes halogenated alkanes) is 1. The summed E-state index contributed by atoms with van der Waals surface area (Å²) in [5.74, 6) is 0.206. The van der Waals surface area contributed by atoms with Crippen LogP contribution in [0.15, 0.2) is 42.5 Å². The van der Waals surface area contributed by atoms with Gasteiger partial charge in [-0.15, -0.1) is 0 Å². The topological polar surface area (TPSA) is 80.3 Å². The minimum atomic E-state index is -0.768. The van der Waals surface area contributed by atoms with Gasteiger partial charge in [-0.2, -0.15) is 0 Å². The lowest BCUT2D eigenvalue weighted by Gasteiger charge is -2.22. The van der Waals surface area contributed by atoms with Crippen LogP contribution in [0.5, 0.6) is 28.7 Å². The van der Waals surface area contributed by atoms with E-state index in [1.165, 1.54) is 14.2 Å². The standard InChI is InChI=1S/C30H36O7/c1-8-10-17-35-21-15-16-22-23(18-21)25(37-29(32)30(3,4)5)27(34-7)26(33-6)24(22)36-28(31)20-13-11-19(9-2)12-14-20/h11-16,18H,8-10,17H2,1-7H3. The molecule has 3 rings (SSSR count). The van der Waals surface area contributed by atoms with Crippen molar-refractivity contribution >= 4 is 22.7 Å². The predicted molar refractivity (Wildman–Crippen MR) is 143 cm³/mol. The number of hydrogen-bond acceptors (Lipinski definition) is 7.